The molecule has 3 rings (SSSR count). The Balaban J connectivity index is 1.63. The van der Waals surface area contributed by atoms with Crippen LogP contribution in [0.1, 0.15) is 18.9 Å². The smallest absolute Gasteiger partial charge is 0.227 e. The number of fused-ring (bicyclic) bond motifs is 1. The molecule has 0 saturated heterocycles. The lowest BCUT2D eigenvalue weighted by Gasteiger charge is -2.04. The second kappa shape index (κ2) is 6.01. The number of rotatable bonds is 5. The Labute approximate surface area is 128 Å². The van der Waals surface area contributed by atoms with Crippen molar-refractivity contribution in [2.75, 3.05) is 5.32 Å². The second-order valence-corrected chi connectivity index (χ2v) is 5.23. The number of benzene rings is 1. The molecule has 114 valence electrons. The zero-order chi connectivity index (χ0) is 15.5. The minimum atomic E-state index is -0.0577. The first kappa shape index (κ1) is 14.3. The maximum absolute atomic E-state index is 12.0. The number of hydrogen-bond acceptors (Lipinski definition) is 3. The largest absolute Gasteiger partial charge is 0.309 e. The summed E-state index contributed by atoms with van der Waals surface area (Å²) in [7, 11) is 0. The van der Waals surface area contributed by atoms with Crippen molar-refractivity contribution < 1.29 is 4.79 Å². The van der Waals surface area contributed by atoms with Crippen LogP contribution in [0.4, 0.5) is 5.82 Å². The lowest BCUT2D eigenvalue weighted by molar-refractivity contribution is -0.116. The number of nitrogens with zero attached hydrogens (tertiary/aromatic N) is 4. The Morgan fingerprint density at radius 3 is 2.95 bits per heavy atom. The van der Waals surface area contributed by atoms with Crippen molar-refractivity contribution in [3.05, 3.63) is 42.2 Å². The van der Waals surface area contributed by atoms with E-state index in [1.165, 1.54) is 5.56 Å². The quantitative estimate of drug-likeness (QED) is 0.787. The molecule has 2 heterocycles. The molecular weight excluding hydrogens is 278 g/mol. The van der Waals surface area contributed by atoms with E-state index in [4.69, 9.17) is 0 Å². The zero-order valence-electron chi connectivity index (χ0n) is 12.8. The second-order valence-electron chi connectivity index (χ2n) is 5.23. The number of amides is 1. The van der Waals surface area contributed by atoms with E-state index in [1.807, 2.05) is 36.1 Å². The number of nitrogens with one attached hydrogen (secondary N) is 1. The molecule has 0 unspecified atom stereocenters. The molecule has 6 nitrogen and oxygen atoms in total. The van der Waals surface area contributed by atoms with Gasteiger partial charge in [0.15, 0.2) is 5.82 Å². The van der Waals surface area contributed by atoms with E-state index >= 15 is 0 Å². The van der Waals surface area contributed by atoms with E-state index in [2.05, 4.69) is 28.5 Å². The fraction of sp³-hybridized carbons (Fsp3) is 0.312. The fourth-order valence-corrected chi connectivity index (χ4v) is 2.44. The van der Waals surface area contributed by atoms with Gasteiger partial charge < -0.3 is 5.32 Å². The number of anilines is 1. The molecule has 0 aliphatic carbocycles. The van der Waals surface area contributed by atoms with Gasteiger partial charge in [-0.15, -0.1) is 0 Å². The minimum absolute atomic E-state index is 0.0577. The van der Waals surface area contributed by atoms with Crippen LogP contribution in [0, 0.1) is 6.92 Å². The van der Waals surface area contributed by atoms with Crippen molar-refractivity contribution in [2.24, 2.45) is 0 Å². The van der Waals surface area contributed by atoms with Gasteiger partial charge >= 0.3 is 0 Å². The van der Waals surface area contributed by atoms with Crippen LogP contribution in [0.2, 0.25) is 0 Å². The van der Waals surface area contributed by atoms with E-state index in [1.54, 1.807) is 10.7 Å². The molecule has 0 aliphatic heterocycles. The van der Waals surface area contributed by atoms with Crippen LogP contribution in [0.3, 0.4) is 0 Å². The predicted octanol–water partition coefficient (Wildman–Crippen LogP) is 2.59. The average molecular weight is 297 g/mol. The van der Waals surface area contributed by atoms with Crippen LogP contribution in [-0.2, 0) is 17.9 Å². The zero-order valence-corrected chi connectivity index (χ0v) is 12.8. The first-order valence-electron chi connectivity index (χ1n) is 7.42. The molecule has 0 spiro atoms. The summed E-state index contributed by atoms with van der Waals surface area (Å²) in [5.41, 5.74) is 2.25. The van der Waals surface area contributed by atoms with Gasteiger partial charge in [0.2, 0.25) is 5.91 Å². The van der Waals surface area contributed by atoms with Gasteiger partial charge in [0.1, 0.15) is 0 Å². The van der Waals surface area contributed by atoms with E-state index in [0.29, 0.717) is 18.8 Å². The number of hydrogen-bond donors (Lipinski definition) is 1. The van der Waals surface area contributed by atoms with Crippen LogP contribution < -0.4 is 5.32 Å². The molecule has 2 aromatic heterocycles. The van der Waals surface area contributed by atoms with Crippen molar-refractivity contribution in [1.82, 2.24) is 19.6 Å². The SMILES string of the molecule is CCn1ccc(NC(=O)CCn2ncc3c(C)cccc32)n1. The highest BCUT2D eigenvalue weighted by atomic mass is 16.1. The maximum atomic E-state index is 12.0. The van der Waals surface area contributed by atoms with Crippen LogP contribution >= 0.6 is 0 Å². The average Bonchev–Trinajstić information content (AvgIpc) is 3.12. The normalized spacial score (nSPS) is 11.0. The molecule has 0 aliphatic rings. The van der Waals surface area contributed by atoms with Gasteiger partial charge in [0, 0.05) is 30.6 Å². The molecule has 0 fully saturated rings. The molecule has 1 aromatic carbocycles. The third kappa shape index (κ3) is 2.86. The lowest BCUT2D eigenvalue weighted by Crippen LogP contribution is -2.15. The summed E-state index contributed by atoms with van der Waals surface area (Å²) < 4.78 is 3.64. The van der Waals surface area contributed by atoms with Gasteiger partial charge in [-0.1, -0.05) is 12.1 Å². The molecule has 0 atom stereocenters. The van der Waals surface area contributed by atoms with Gasteiger partial charge in [-0.3, -0.25) is 14.2 Å². The molecule has 3 aromatic rings. The summed E-state index contributed by atoms with van der Waals surface area (Å²) in [6.07, 6.45) is 4.06. The minimum Gasteiger partial charge on any atom is -0.309 e. The van der Waals surface area contributed by atoms with Crippen molar-refractivity contribution in [2.45, 2.75) is 33.4 Å². The van der Waals surface area contributed by atoms with Gasteiger partial charge in [-0.05, 0) is 25.5 Å². The topological polar surface area (TPSA) is 64.7 Å². The van der Waals surface area contributed by atoms with Crippen molar-refractivity contribution >= 4 is 22.6 Å². The molecule has 0 bridgehead atoms. The Kier molecular flexibility index (Phi) is 3.91. The Morgan fingerprint density at radius 1 is 1.32 bits per heavy atom. The van der Waals surface area contributed by atoms with E-state index in [-0.39, 0.29) is 5.91 Å². The van der Waals surface area contributed by atoms with E-state index < -0.39 is 0 Å². The highest BCUT2D eigenvalue weighted by Gasteiger charge is 2.08. The summed E-state index contributed by atoms with van der Waals surface area (Å²) in [5.74, 6) is 0.533. The third-order valence-corrected chi connectivity index (χ3v) is 3.69. The molecular formula is C16H19N5O. The van der Waals surface area contributed by atoms with Gasteiger partial charge in [0.05, 0.1) is 18.3 Å². The van der Waals surface area contributed by atoms with E-state index in [0.717, 1.165) is 17.4 Å². The fourth-order valence-electron chi connectivity index (χ4n) is 2.44. The summed E-state index contributed by atoms with van der Waals surface area (Å²) in [6, 6.07) is 7.89. The Hall–Kier alpha value is -2.63. The molecule has 0 saturated carbocycles. The summed E-state index contributed by atoms with van der Waals surface area (Å²) in [6.45, 7) is 5.40. The number of aromatic nitrogens is 4. The van der Waals surface area contributed by atoms with E-state index in [9.17, 15) is 4.79 Å². The monoisotopic (exact) mass is 297 g/mol. The standard InChI is InChI=1S/C16H19N5O/c1-3-20-9-7-15(19-20)18-16(22)8-10-21-14-6-4-5-12(2)13(14)11-17-21/h4-7,9,11H,3,8,10H2,1-2H3,(H,18,19,22). The lowest BCUT2D eigenvalue weighted by atomic mass is 10.1. The van der Waals surface area contributed by atoms with Crippen molar-refractivity contribution in [1.29, 1.82) is 0 Å². The predicted molar refractivity (Wildman–Crippen MR) is 85.6 cm³/mol. The highest BCUT2D eigenvalue weighted by molar-refractivity contribution is 5.89. The van der Waals surface area contributed by atoms with Gasteiger partial charge in [0.25, 0.3) is 0 Å². The number of carbonyl (C=O) groups is 1. The first-order chi connectivity index (χ1) is 10.7. The molecule has 1 amide bonds. The van der Waals surface area contributed by atoms with Gasteiger partial charge in [-0.2, -0.15) is 10.2 Å². The summed E-state index contributed by atoms with van der Waals surface area (Å²) in [4.78, 5) is 12.0. The molecule has 0 radical (unpaired) electrons. The Morgan fingerprint density at radius 2 is 2.18 bits per heavy atom. The summed E-state index contributed by atoms with van der Waals surface area (Å²) >= 11 is 0. The third-order valence-electron chi connectivity index (χ3n) is 3.69. The molecule has 22 heavy (non-hydrogen) atoms. The number of carbonyl (C=O) groups excluding carboxylic acids is 1. The molecule has 1 N–H and O–H groups in total. The molecule has 6 heteroatoms. The van der Waals surface area contributed by atoms with Crippen LogP contribution in [0.25, 0.3) is 10.9 Å². The van der Waals surface area contributed by atoms with Crippen LogP contribution in [-0.4, -0.2) is 25.5 Å². The van der Waals surface area contributed by atoms with Crippen LogP contribution in [0.15, 0.2) is 36.7 Å². The van der Waals surface area contributed by atoms with Gasteiger partial charge in [-0.25, -0.2) is 0 Å². The Bertz CT molecular complexity index is 802. The van der Waals surface area contributed by atoms with Crippen molar-refractivity contribution in [3.8, 4) is 0 Å². The highest BCUT2D eigenvalue weighted by Crippen LogP contribution is 2.17. The van der Waals surface area contributed by atoms with Crippen molar-refractivity contribution in [3.63, 3.8) is 0 Å². The number of aryl methyl sites for hydroxylation is 3. The maximum Gasteiger partial charge on any atom is 0.227 e. The first-order valence-corrected chi connectivity index (χ1v) is 7.42. The summed E-state index contributed by atoms with van der Waals surface area (Å²) in [5, 5.41) is 12.5. The van der Waals surface area contributed by atoms with Crippen LogP contribution in [0.5, 0.6) is 0 Å².